The molecule has 92 valence electrons. The van der Waals surface area contributed by atoms with Crippen molar-refractivity contribution in [2.75, 3.05) is 12.8 Å². The number of pyridine rings is 1. The topological polar surface area (TPSA) is 33.2 Å². The first kappa shape index (κ1) is 12.4. The molecule has 17 heavy (non-hydrogen) atoms. The number of aromatic nitrogens is 1. The highest BCUT2D eigenvalue weighted by molar-refractivity contribution is 7.80. The summed E-state index contributed by atoms with van der Waals surface area (Å²) in [5.74, 6) is 1.04. The van der Waals surface area contributed by atoms with E-state index in [9.17, 15) is 4.79 Å². The normalized spacial score (nSPS) is 16.6. The number of rotatable bonds is 5. The molecule has 1 amide bonds. The van der Waals surface area contributed by atoms with Gasteiger partial charge in [-0.05, 0) is 41.7 Å². The van der Waals surface area contributed by atoms with Crippen LogP contribution in [-0.2, 0) is 11.3 Å². The van der Waals surface area contributed by atoms with E-state index in [2.05, 4.69) is 17.6 Å². The van der Waals surface area contributed by atoms with E-state index in [0.717, 1.165) is 24.2 Å². The number of amides is 1. The Morgan fingerprint density at radius 3 is 2.65 bits per heavy atom. The van der Waals surface area contributed by atoms with Crippen molar-refractivity contribution < 1.29 is 4.79 Å². The molecule has 0 bridgehead atoms. The number of nitrogens with zero attached hydrogens (tertiary/aromatic N) is 2. The summed E-state index contributed by atoms with van der Waals surface area (Å²) < 4.78 is 0. The van der Waals surface area contributed by atoms with Gasteiger partial charge in [-0.25, -0.2) is 0 Å². The predicted octanol–water partition coefficient (Wildman–Crippen LogP) is 2.14. The fourth-order valence-corrected chi connectivity index (χ4v) is 2.30. The van der Waals surface area contributed by atoms with Gasteiger partial charge in [0.05, 0.1) is 0 Å². The van der Waals surface area contributed by atoms with Gasteiger partial charge in [-0.15, -0.1) is 0 Å². The lowest BCUT2D eigenvalue weighted by Gasteiger charge is -2.20. The second-order valence-electron chi connectivity index (χ2n) is 4.94. The molecule has 1 aliphatic carbocycles. The maximum atomic E-state index is 12.0. The minimum atomic E-state index is 0.201. The van der Waals surface area contributed by atoms with Crippen LogP contribution in [0.3, 0.4) is 0 Å². The predicted molar refractivity (Wildman–Crippen MR) is 70.8 cm³/mol. The largest absolute Gasteiger partial charge is 0.341 e. The Labute approximate surface area is 108 Å². The third-order valence-corrected chi connectivity index (χ3v) is 4.08. The van der Waals surface area contributed by atoms with Crippen LogP contribution >= 0.6 is 12.6 Å². The van der Waals surface area contributed by atoms with Gasteiger partial charge in [0.15, 0.2) is 0 Å². The minimum absolute atomic E-state index is 0.201. The number of carbonyl (C=O) groups excluding carboxylic acids is 1. The second kappa shape index (κ2) is 5.08. The van der Waals surface area contributed by atoms with Crippen LogP contribution in [0.5, 0.6) is 0 Å². The summed E-state index contributed by atoms with van der Waals surface area (Å²) in [6.07, 6.45) is 6.43. The number of thiol groups is 1. The molecule has 4 heteroatoms. The minimum Gasteiger partial charge on any atom is -0.341 e. The van der Waals surface area contributed by atoms with E-state index < -0.39 is 0 Å². The van der Waals surface area contributed by atoms with E-state index in [1.165, 1.54) is 0 Å². The molecule has 1 saturated carbocycles. The van der Waals surface area contributed by atoms with Gasteiger partial charge in [0.25, 0.3) is 0 Å². The first-order chi connectivity index (χ1) is 8.15. The summed E-state index contributed by atoms with van der Waals surface area (Å²) in [6.45, 7) is 0.657. The standard InChI is InChI=1S/C13H18N2OS/c1-15(9-11-2-6-14-7-3-11)12(16)8-13(10-17)4-5-13/h2-3,6-7,17H,4-5,8-10H2,1H3. The molecular weight excluding hydrogens is 232 g/mol. The van der Waals surface area contributed by atoms with E-state index in [1.807, 2.05) is 19.2 Å². The first-order valence-electron chi connectivity index (χ1n) is 5.89. The Balaban J connectivity index is 1.87. The molecule has 1 fully saturated rings. The molecule has 0 unspecified atom stereocenters. The summed E-state index contributed by atoms with van der Waals surface area (Å²) in [6, 6.07) is 3.88. The lowest BCUT2D eigenvalue weighted by atomic mass is 10.0. The van der Waals surface area contributed by atoms with Crippen LogP contribution in [-0.4, -0.2) is 28.6 Å². The Kier molecular flexibility index (Phi) is 3.72. The highest BCUT2D eigenvalue weighted by atomic mass is 32.1. The van der Waals surface area contributed by atoms with Crippen molar-refractivity contribution in [1.29, 1.82) is 0 Å². The first-order valence-corrected chi connectivity index (χ1v) is 6.52. The zero-order valence-corrected chi connectivity index (χ0v) is 11.0. The third kappa shape index (κ3) is 3.22. The van der Waals surface area contributed by atoms with Gasteiger partial charge < -0.3 is 4.90 Å². The molecule has 0 aliphatic heterocycles. The van der Waals surface area contributed by atoms with Crippen LogP contribution in [0.4, 0.5) is 0 Å². The molecule has 0 radical (unpaired) electrons. The van der Waals surface area contributed by atoms with Crippen molar-refractivity contribution in [3.63, 3.8) is 0 Å². The molecule has 0 spiro atoms. The van der Waals surface area contributed by atoms with E-state index in [0.29, 0.717) is 13.0 Å². The average molecular weight is 250 g/mol. The SMILES string of the molecule is CN(Cc1ccncc1)C(=O)CC1(CS)CC1. The lowest BCUT2D eigenvalue weighted by Crippen LogP contribution is -2.28. The van der Waals surface area contributed by atoms with Crippen LogP contribution in [0, 0.1) is 5.41 Å². The van der Waals surface area contributed by atoms with E-state index in [1.54, 1.807) is 17.3 Å². The maximum absolute atomic E-state index is 12.0. The quantitative estimate of drug-likeness (QED) is 0.812. The molecule has 1 aromatic rings. The van der Waals surface area contributed by atoms with Crippen molar-refractivity contribution in [2.24, 2.45) is 5.41 Å². The number of carbonyl (C=O) groups is 1. The Bertz CT molecular complexity index is 390. The number of hydrogen-bond donors (Lipinski definition) is 1. The van der Waals surface area contributed by atoms with Crippen LogP contribution in [0.15, 0.2) is 24.5 Å². The molecule has 0 aromatic carbocycles. The Hall–Kier alpha value is -1.03. The summed E-state index contributed by atoms with van der Waals surface area (Å²) in [5.41, 5.74) is 1.32. The van der Waals surface area contributed by atoms with E-state index in [4.69, 9.17) is 0 Å². The van der Waals surface area contributed by atoms with Crippen LogP contribution in [0.2, 0.25) is 0 Å². The van der Waals surface area contributed by atoms with Crippen molar-refractivity contribution in [1.82, 2.24) is 9.88 Å². The van der Waals surface area contributed by atoms with Gasteiger partial charge in [-0.1, -0.05) is 0 Å². The van der Waals surface area contributed by atoms with Crippen LogP contribution < -0.4 is 0 Å². The maximum Gasteiger partial charge on any atom is 0.223 e. The smallest absolute Gasteiger partial charge is 0.223 e. The van der Waals surface area contributed by atoms with Gasteiger partial charge >= 0.3 is 0 Å². The molecule has 2 rings (SSSR count). The van der Waals surface area contributed by atoms with Crippen molar-refractivity contribution in [2.45, 2.75) is 25.8 Å². The Morgan fingerprint density at radius 2 is 2.12 bits per heavy atom. The fourth-order valence-electron chi connectivity index (χ4n) is 1.87. The van der Waals surface area contributed by atoms with Gasteiger partial charge in [0, 0.05) is 32.4 Å². The monoisotopic (exact) mass is 250 g/mol. The van der Waals surface area contributed by atoms with Gasteiger partial charge in [0.1, 0.15) is 0 Å². The molecule has 1 heterocycles. The summed E-state index contributed by atoms with van der Waals surface area (Å²) in [7, 11) is 1.86. The second-order valence-corrected chi connectivity index (χ2v) is 5.26. The van der Waals surface area contributed by atoms with Gasteiger partial charge in [-0.3, -0.25) is 9.78 Å². The molecule has 0 saturated heterocycles. The van der Waals surface area contributed by atoms with Crippen LogP contribution in [0.25, 0.3) is 0 Å². The molecule has 1 aromatic heterocycles. The Morgan fingerprint density at radius 1 is 1.47 bits per heavy atom. The van der Waals surface area contributed by atoms with Crippen molar-refractivity contribution in [3.8, 4) is 0 Å². The third-order valence-electron chi connectivity index (χ3n) is 3.41. The zero-order valence-electron chi connectivity index (χ0n) is 10.1. The van der Waals surface area contributed by atoms with E-state index in [-0.39, 0.29) is 11.3 Å². The highest BCUT2D eigenvalue weighted by Crippen LogP contribution is 2.49. The summed E-state index contributed by atoms with van der Waals surface area (Å²) >= 11 is 4.33. The fraction of sp³-hybridized carbons (Fsp3) is 0.538. The highest BCUT2D eigenvalue weighted by Gasteiger charge is 2.43. The average Bonchev–Trinajstić information content (AvgIpc) is 3.11. The van der Waals surface area contributed by atoms with Crippen molar-refractivity contribution >= 4 is 18.5 Å². The van der Waals surface area contributed by atoms with Gasteiger partial charge in [-0.2, -0.15) is 12.6 Å². The lowest BCUT2D eigenvalue weighted by molar-refractivity contribution is -0.131. The van der Waals surface area contributed by atoms with E-state index >= 15 is 0 Å². The number of hydrogen-bond acceptors (Lipinski definition) is 3. The van der Waals surface area contributed by atoms with Crippen molar-refractivity contribution in [3.05, 3.63) is 30.1 Å². The molecule has 0 N–H and O–H groups in total. The van der Waals surface area contributed by atoms with Crippen LogP contribution in [0.1, 0.15) is 24.8 Å². The molecule has 0 atom stereocenters. The molecule has 3 nitrogen and oxygen atoms in total. The molecular formula is C13H18N2OS. The zero-order chi connectivity index (χ0) is 12.3. The van der Waals surface area contributed by atoms with Gasteiger partial charge in [0.2, 0.25) is 5.91 Å². The summed E-state index contributed by atoms with van der Waals surface area (Å²) in [4.78, 5) is 17.8. The summed E-state index contributed by atoms with van der Waals surface area (Å²) in [5, 5.41) is 0. The molecule has 1 aliphatic rings.